The number of benzene rings is 1. The van der Waals surface area contributed by atoms with Crippen LogP contribution in [0.2, 0.25) is 0 Å². The van der Waals surface area contributed by atoms with Crippen molar-refractivity contribution < 1.29 is 0 Å². The highest BCUT2D eigenvalue weighted by Gasteiger charge is 2.07. The van der Waals surface area contributed by atoms with Crippen LogP contribution in [0, 0.1) is 25.2 Å². The summed E-state index contributed by atoms with van der Waals surface area (Å²) in [7, 11) is 0. The number of nitrogens with zero attached hydrogens (tertiary/aromatic N) is 3. The highest BCUT2D eigenvalue weighted by molar-refractivity contribution is 5.82. The molecule has 0 radical (unpaired) electrons. The SMILES string of the molecule is Cc1cc(C)c2nc3cc(C#N)ccc3n2c1. The molecule has 82 valence electrons. The minimum atomic E-state index is 0.648. The summed E-state index contributed by atoms with van der Waals surface area (Å²) >= 11 is 0. The van der Waals surface area contributed by atoms with Gasteiger partial charge in [0.1, 0.15) is 5.65 Å². The Balaban J connectivity index is 2.51. The Kier molecular flexibility index (Phi) is 1.93. The predicted octanol–water partition coefficient (Wildman–Crippen LogP) is 2.98. The minimum Gasteiger partial charge on any atom is -0.299 e. The lowest BCUT2D eigenvalue weighted by molar-refractivity contribution is 1.16. The van der Waals surface area contributed by atoms with E-state index in [1.165, 1.54) is 5.56 Å². The first-order chi connectivity index (χ1) is 8.19. The van der Waals surface area contributed by atoms with Gasteiger partial charge in [0.05, 0.1) is 22.7 Å². The van der Waals surface area contributed by atoms with Crippen LogP contribution in [0.5, 0.6) is 0 Å². The summed E-state index contributed by atoms with van der Waals surface area (Å²) in [5.74, 6) is 0. The fourth-order valence-corrected chi connectivity index (χ4v) is 2.22. The van der Waals surface area contributed by atoms with Gasteiger partial charge in [0.15, 0.2) is 0 Å². The highest BCUT2D eigenvalue weighted by atomic mass is 15.0. The first kappa shape index (κ1) is 9.86. The molecular weight excluding hydrogens is 210 g/mol. The van der Waals surface area contributed by atoms with Crippen LogP contribution in [0.3, 0.4) is 0 Å². The molecule has 1 aromatic carbocycles. The van der Waals surface area contributed by atoms with Crippen LogP contribution in [0.15, 0.2) is 30.5 Å². The van der Waals surface area contributed by atoms with Crippen molar-refractivity contribution in [3.8, 4) is 6.07 Å². The molecule has 2 aromatic heterocycles. The van der Waals surface area contributed by atoms with Crippen molar-refractivity contribution in [2.24, 2.45) is 0 Å². The van der Waals surface area contributed by atoms with Gasteiger partial charge >= 0.3 is 0 Å². The number of hydrogen-bond donors (Lipinski definition) is 0. The third kappa shape index (κ3) is 1.38. The van der Waals surface area contributed by atoms with E-state index < -0.39 is 0 Å². The zero-order valence-electron chi connectivity index (χ0n) is 9.73. The molecule has 0 spiro atoms. The molecule has 2 heterocycles. The van der Waals surface area contributed by atoms with Crippen molar-refractivity contribution >= 4 is 16.7 Å². The van der Waals surface area contributed by atoms with Gasteiger partial charge in [0, 0.05) is 6.20 Å². The van der Waals surface area contributed by atoms with E-state index in [-0.39, 0.29) is 0 Å². The maximum absolute atomic E-state index is 8.89. The van der Waals surface area contributed by atoms with E-state index >= 15 is 0 Å². The van der Waals surface area contributed by atoms with E-state index in [4.69, 9.17) is 5.26 Å². The molecule has 3 rings (SSSR count). The topological polar surface area (TPSA) is 41.1 Å². The van der Waals surface area contributed by atoms with Crippen LogP contribution in [0.4, 0.5) is 0 Å². The molecule has 0 fully saturated rings. The summed E-state index contributed by atoms with van der Waals surface area (Å²) in [5, 5.41) is 8.89. The molecule has 0 aliphatic heterocycles. The highest BCUT2D eigenvalue weighted by Crippen LogP contribution is 2.21. The third-order valence-corrected chi connectivity index (χ3v) is 2.95. The van der Waals surface area contributed by atoms with Gasteiger partial charge in [0.2, 0.25) is 0 Å². The second-order valence-electron chi connectivity index (χ2n) is 4.32. The van der Waals surface area contributed by atoms with Gasteiger partial charge < -0.3 is 0 Å². The van der Waals surface area contributed by atoms with Crippen LogP contribution >= 0.6 is 0 Å². The van der Waals surface area contributed by atoms with Gasteiger partial charge in [-0.05, 0) is 43.2 Å². The lowest BCUT2D eigenvalue weighted by Crippen LogP contribution is -1.89. The quantitative estimate of drug-likeness (QED) is 0.585. The zero-order chi connectivity index (χ0) is 12.0. The van der Waals surface area contributed by atoms with Crippen LogP contribution < -0.4 is 0 Å². The standard InChI is InChI=1S/C14H11N3/c1-9-5-10(2)14-16-12-6-11(7-15)3-4-13(12)17(14)8-9/h3-6,8H,1-2H3. The van der Waals surface area contributed by atoms with Gasteiger partial charge in [-0.1, -0.05) is 6.07 Å². The molecule has 0 N–H and O–H groups in total. The number of fused-ring (bicyclic) bond motifs is 3. The molecule has 0 saturated carbocycles. The molecule has 3 heteroatoms. The lowest BCUT2D eigenvalue weighted by atomic mass is 10.2. The first-order valence-electron chi connectivity index (χ1n) is 5.48. The van der Waals surface area contributed by atoms with Crippen LogP contribution in [-0.4, -0.2) is 9.38 Å². The molecule has 0 aliphatic carbocycles. The lowest BCUT2D eigenvalue weighted by Gasteiger charge is -2.00. The predicted molar refractivity (Wildman–Crippen MR) is 66.9 cm³/mol. The van der Waals surface area contributed by atoms with E-state index in [2.05, 4.69) is 41.6 Å². The van der Waals surface area contributed by atoms with Gasteiger partial charge in [0.25, 0.3) is 0 Å². The molecule has 3 nitrogen and oxygen atoms in total. The second kappa shape index (κ2) is 3.33. The Morgan fingerprint density at radius 3 is 2.82 bits per heavy atom. The molecule has 3 aromatic rings. The van der Waals surface area contributed by atoms with E-state index in [1.54, 1.807) is 0 Å². The van der Waals surface area contributed by atoms with E-state index in [0.29, 0.717) is 5.56 Å². The van der Waals surface area contributed by atoms with E-state index in [0.717, 1.165) is 22.2 Å². The fourth-order valence-electron chi connectivity index (χ4n) is 2.22. The molecule has 0 atom stereocenters. The van der Waals surface area contributed by atoms with Crippen LogP contribution in [-0.2, 0) is 0 Å². The molecule has 0 aliphatic rings. The summed E-state index contributed by atoms with van der Waals surface area (Å²) in [5.41, 5.74) is 5.89. The van der Waals surface area contributed by atoms with Crippen molar-refractivity contribution in [1.82, 2.24) is 9.38 Å². The van der Waals surface area contributed by atoms with Crippen molar-refractivity contribution in [2.45, 2.75) is 13.8 Å². The Morgan fingerprint density at radius 2 is 2.06 bits per heavy atom. The van der Waals surface area contributed by atoms with E-state index in [9.17, 15) is 0 Å². The maximum Gasteiger partial charge on any atom is 0.140 e. The average Bonchev–Trinajstić information content (AvgIpc) is 2.67. The summed E-state index contributed by atoms with van der Waals surface area (Å²) in [6.07, 6.45) is 2.07. The molecule has 0 amide bonds. The molecule has 0 bridgehead atoms. The van der Waals surface area contributed by atoms with Gasteiger partial charge in [-0.3, -0.25) is 4.40 Å². The van der Waals surface area contributed by atoms with Crippen molar-refractivity contribution in [3.05, 3.63) is 47.2 Å². The Hall–Kier alpha value is -2.34. The number of hydrogen-bond acceptors (Lipinski definition) is 2. The number of rotatable bonds is 0. The normalized spacial score (nSPS) is 10.9. The molecule has 0 saturated heterocycles. The number of aryl methyl sites for hydroxylation is 2. The maximum atomic E-state index is 8.89. The summed E-state index contributed by atoms with van der Waals surface area (Å²) < 4.78 is 2.08. The Morgan fingerprint density at radius 1 is 1.24 bits per heavy atom. The summed E-state index contributed by atoms with van der Waals surface area (Å²) in [4.78, 5) is 4.58. The second-order valence-corrected chi connectivity index (χ2v) is 4.32. The van der Waals surface area contributed by atoms with Crippen molar-refractivity contribution in [3.63, 3.8) is 0 Å². The van der Waals surface area contributed by atoms with Gasteiger partial charge in [-0.2, -0.15) is 5.26 Å². The number of aromatic nitrogens is 2. The largest absolute Gasteiger partial charge is 0.299 e. The van der Waals surface area contributed by atoms with Crippen LogP contribution in [0.1, 0.15) is 16.7 Å². The number of nitriles is 1. The zero-order valence-corrected chi connectivity index (χ0v) is 9.73. The number of imidazole rings is 1. The first-order valence-corrected chi connectivity index (χ1v) is 5.48. The van der Waals surface area contributed by atoms with Crippen molar-refractivity contribution in [2.75, 3.05) is 0 Å². The fraction of sp³-hybridized carbons (Fsp3) is 0.143. The Labute approximate surface area is 98.9 Å². The minimum absolute atomic E-state index is 0.648. The third-order valence-electron chi connectivity index (χ3n) is 2.95. The molecular formula is C14H11N3. The smallest absolute Gasteiger partial charge is 0.140 e. The van der Waals surface area contributed by atoms with Crippen LogP contribution in [0.25, 0.3) is 16.7 Å². The monoisotopic (exact) mass is 221 g/mol. The van der Waals surface area contributed by atoms with Crippen molar-refractivity contribution in [1.29, 1.82) is 5.26 Å². The Bertz CT molecular complexity index is 775. The average molecular weight is 221 g/mol. The van der Waals surface area contributed by atoms with Gasteiger partial charge in [-0.25, -0.2) is 4.98 Å². The van der Waals surface area contributed by atoms with Gasteiger partial charge in [-0.15, -0.1) is 0 Å². The molecule has 17 heavy (non-hydrogen) atoms. The summed E-state index contributed by atoms with van der Waals surface area (Å²) in [6, 6.07) is 9.87. The molecule has 0 unspecified atom stereocenters. The van der Waals surface area contributed by atoms with E-state index in [1.807, 2.05) is 18.2 Å². The summed E-state index contributed by atoms with van der Waals surface area (Å²) in [6.45, 7) is 4.13. The number of pyridine rings is 1.